The van der Waals surface area contributed by atoms with Crippen LogP contribution in [0.1, 0.15) is 22.8 Å². The van der Waals surface area contributed by atoms with Gasteiger partial charge in [-0.2, -0.15) is 0 Å². The van der Waals surface area contributed by atoms with Crippen LogP contribution in [0.3, 0.4) is 0 Å². The van der Waals surface area contributed by atoms with Gasteiger partial charge in [0.1, 0.15) is 0 Å². The highest BCUT2D eigenvalue weighted by Gasteiger charge is 2.13. The molecule has 0 amide bonds. The number of benzene rings is 2. The molecule has 0 aliphatic heterocycles. The van der Waals surface area contributed by atoms with Gasteiger partial charge in [-0.25, -0.2) is 0 Å². The Hall–Kier alpha value is -3.04. The Kier molecular flexibility index (Phi) is 5.35. The number of carbonyl (C=O) groups is 1. The van der Waals surface area contributed by atoms with Crippen LogP contribution in [0.2, 0.25) is 0 Å². The summed E-state index contributed by atoms with van der Waals surface area (Å²) in [5.74, 6) is 0.117. The molecule has 2 aromatic rings. The molecule has 0 fully saturated rings. The van der Waals surface area contributed by atoms with E-state index in [0.29, 0.717) is 17.9 Å². The van der Waals surface area contributed by atoms with Gasteiger partial charge in [0, 0.05) is 16.2 Å². The topological polar surface area (TPSA) is 75.1 Å². The fourth-order valence-corrected chi connectivity index (χ4v) is 1.90. The molecule has 0 atom stereocenters. The molecule has 5 nitrogen and oxygen atoms in total. The zero-order valence-electron chi connectivity index (χ0n) is 12.1. The third-order valence-corrected chi connectivity index (χ3v) is 2.91. The second-order valence-electron chi connectivity index (χ2n) is 4.42. The minimum atomic E-state index is -0.165. The number of ketones is 1. The van der Waals surface area contributed by atoms with Crippen molar-refractivity contribution in [3.8, 4) is 0 Å². The van der Waals surface area contributed by atoms with Crippen LogP contribution < -0.4 is 0 Å². The van der Waals surface area contributed by atoms with Crippen LogP contribution in [0.5, 0.6) is 0 Å². The van der Waals surface area contributed by atoms with E-state index in [1.807, 2.05) is 25.1 Å². The van der Waals surface area contributed by atoms with Crippen LogP contribution in [0.25, 0.3) is 16.5 Å². The monoisotopic (exact) mass is 293 g/mol. The van der Waals surface area contributed by atoms with Gasteiger partial charge in [0.25, 0.3) is 0 Å². The van der Waals surface area contributed by atoms with Gasteiger partial charge < -0.3 is 4.74 Å². The van der Waals surface area contributed by atoms with E-state index in [1.54, 1.807) is 42.5 Å². The summed E-state index contributed by atoms with van der Waals surface area (Å²) in [6, 6.07) is 15.9. The summed E-state index contributed by atoms with van der Waals surface area (Å²) in [7, 11) is 0. The van der Waals surface area contributed by atoms with Crippen LogP contribution in [-0.4, -0.2) is 12.4 Å². The molecule has 0 unspecified atom stereocenters. The lowest BCUT2D eigenvalue weighted by molar-refractivity contribution is 0.0931. The average Bonchev–Trinajstić information content (AvgIpc) is 2.56. The second-order valence-corrected chi connectivity index (χ2v) is 4.42. The largest absolute Gasteiger partial charge is 0.490 e. The molecule has 0 N–H and O–H groups in total. The molecule has 0 heterocycles. The molecule has 110 valence electrons. The Morgan fingerprint density at radius 1 is 1.18 bits per heavy atom. The smallest absolute Gasteiger partial charge is 0.227 e. The van der Waals surface area contributed by atoms with Gasteiger partial charge in [-0.3, -0.25) is 4.79 Å². The van der Waals surface area contributed by atoms with Gasteiger partial charge in [-0.15, -0.1) is 0 Å². The van der Waals surface area contributed by atoms with Crippen molar-refractivity contribution < 1.29 is 9.53 Å². The van der Waals surface area contributed by atoms with Gasteiger partial charge in [0.15, 0.2) is 5.76 Å². The maximum Gasteiger partial charge on any atom is 0.227 e. The standard InChI is InChI=1S/C17H15N3O2/c1-2-22-16(17(21)14-6-4-3-5-7-14)12-13-8-10-15(11-9-13)19-20-18/h3-12H,2H2,1H3. The number of azide groups is 1. The summed E-state index contributed by atoms with van der Waals surface area (Å²) in [5.41, 5.74) is 10.3. The van der Waals surface area contributed by atoms with E-state index in [4.69, 9.17) is 10.3 Å². The molecular weight excluding hydrogens is 278 g/mol. The lowest BCUT2D eigenvalue weighted by atomic mass is 10.1. The van der Waals surface area contributed by atoms with Gasteiger partial charge >= 0.3 is 0 Å². The number of Topliss-reactive ketones (excluding diaryl/α,β-unsaturated/α-hetero) is 1. The van der Waals surface area contributed by atoms with E-state index in [1.165, 1.54) is 0 Å². The van der Waals surface area contributed by atoms with Crippen molar-refractivity contribution in [1.29, 1.82) is 0 Å². The third kappa shape index (κ3) is 3.98. The number of rotatable bonds is 6. The quantitative estimate of drug-likeness (QED) is 0.190. The first-order valence-corrected chi connectivity index (χ1v) is 6.84. The molecule has 0 spiro atoms. The third-order valence-electron chi connectivity index (χ3n) is 2.91. The van der Waals surface area contributed by atoms with Crippen molar-refractivity contribution in [3.63, 3.8) is 0 Å². The minimum absolute atomic E-state index is 0.165. The highest BCUT2D eigenvalue weighted by Crippen LogP contribution is 2.18. The van der Waals surface area contributed by atoms with E-state index in [9.17, 15) is 4.79 Å². The summed E-state index contributed by atoms with van der Waals surface area (Å²) >= 11 is 0. The van der Waals surface area contributed by atoms with Gasteiger partial charge in [0.05, 0.1) is 6.61 Å². The minimum Gasteiger partial charge on any atom is -0.490 e. The molecular formula is C17H15N3O2. The molecule has 0 bridgehead atoms. The number of nitrogens with zero attached hydrogens (tertiary/aromatic N) is 3. The zero-order chi connectivity index (χ0) is 15.8. The van der Waals surface area contributed by atoms with Gasteiger partial charge in [-0.05, 0) is 24.1 Å². The van der Waals surface area contributed by atoms with E-state index in [-0.39, 0.29) is 11.5 Å². The first-order valence-electron chi connectivity index (χ1n) is 6.84. The fourth-order valence-electron chi connectivity index (χ4n) is 1.90. The van der Waals surface area contributed by atoms with E-state index in [0.717, 1.165) is 5.56 Å². The Bertz CT molecular complexity index is 715. The van der Waals surface area contributed by atoms with Crippen molar-refractivity contribution in [2.45, 2.75) is 6.92 Å². The van der Waals surface area contributed by atoms with Crippen LogP contribution in [0.4, 0.5) is 5.69 Å². The number of hydrogen-bond donors (Lipinski definition) is 0. The molecule has 0 saturated carbocycles. The Morgan fingerprint density at radius 2 is 1.86 bits per heavy atom. The second kappa shape index (κ2) is 7.67. The number of ether oxygens (including phenoxy) is 1. The molecule has 0 aliphatic rings. The normalized spacial score (nSPS) is 10.7. The highest BCUT2D eigenvalue weighted by atomic mass is 16.5. The molecule has 0 saturated heterocycles. The zero-order valence-corrected chi connectivity index (χ0v) is 12.1. The molecule has 2 rings (SSSR count). The summed E-state index contributed by atoms with van der Waals surface area (Å²) in [6.07, 6.45) is 1.68. The van der Waals surface area contributed by atoms with Crippen molar-refractivity contribution in [2.75, 3.05) is 6.61 Å². The van der Waals surface area contributed by atoms with Crippen molar-refractivity contribution in [3.05, 3.63) is 81.9 Å². The van der Waals surface area contributed by atoms with Crippen molar-refractivity contribution >= 4 is 17.5 Å². The summed E-state index contributed by atoms with van der Waals surface area (Å²) in [5, 5.41) is 3.51. The summed E-state index contributed by atoms with van der Waals surface area (Å²) < 4.78 is 5.47. The number of allylic oxidation sites excluding steroid dienone is 1. The first kappa shape index (κ1) is 15.4. The van der Waals surface area contributed by atoms with Crippen LogP contribution in [0.15, 0.2) is 65.5 Å². The van der Waals surface area contributed by atoms with Crippen molar-refractivity contribution in [2.24, 2.45) is 5.11 Å². The average molecular weight is 293 g/mol. The van der Waals surface area contributed by atoms with Crippen LogP contribution in [-0.2, 0) is 4.74 Å². The maximum atomic E-state index is 12.4. The maximum absolute atomic E-state index is 12.4. The lowest BCUT2D eigenvalue weighted by Gasteiger charge is -2.08. The molecule has 0 aromatic heterocycles. The Morgan fingerprint density at radius 3 is 2.45 bits per heavy atom. The SMILES string of the molecule is CCOC(=Cc1ccc(N=[N+]=[N-])cc1)C(=O)c1ccccc1. The van der Waals surface area contributed by atoms with Crippen LogP contribution in [0, 0.1) is 0 Å². The first-order chi connectivity index (χ1) is 10.7. The van der Waals surface area contributed by atoms with E-state index in [2.05, 4.69) is 10.0 Å². The predicted molar refractivity (Wildman–Crippen MR) is 85.6 cm³/mol. The predicted octanol–water partition coefficient (Wildman–Crippen LogP) is 4.89. The van der Waals surface area contributed by atoms with Gasteiger partial charge in [-0.1, -0.05) is 59.7 Å². The van der Waals surface area contributed by atoms with E-state index < -0.39 is 0 Å². The fraction of sp³-hybridized carbons (Fsp3) is 0.118. The summed E-state index contributed by atoms with van der Waals surface area (Å²) in [6.45, 7) is 2.23. The van der Waals surface area contributed by atoms with Crippen molar-refractivity contribution in [1.82, 2.24) is 0 Å². The Labute approximate surface area is 128 Å². The number of carbonyl (C=O) groups excluding carboxylic acids is 1. The molecule has 0 radical (unpaired) electrons. The molecule has 2 aromatic carbocycles. The molecule has 5 heteroatoms. The lowest BCUT2D eigenvalue weighted by Crippen LogP contribution is -2.06. The van der Waals surface area contributed by atoms with Crippen LogP contribution >= 0.6 is 0 Å². The molecule has 22 heavy (non-hydrogen) atoms. The molecule has 0 aliphatic carbocycles. The number of hydrogen-bond acceptors (Lipinski definition) is 3. The Balaban J connectivity index is 2.30. The summed E-state index contributed by atoms with van der Waals surface area (Å²) in [4.78, 5) is 15.2. The van der Waals surface area contributed by atoms with E-state index >= 15 is 0 Å². The highest BCUT2D eigenvalue weighted by molar-refractivity contribution is 6.09. The van der Waals surface area contributed by atoms with Gasteiger partial charge in [0.2, 0.25) is 5.78 Å².